The fourth-order valence-electron chi connectivity index (χ4n) is 3.48. The topological polar surface area (TPSA) is 54.0 Å². The van der Waals surface area contributed by atoms with Crippen LogP contribution < -0.4 is 14.8 Å². The number of benzene rings is 2. The van der Waals surface area contributed by atoms with Crippen LogP contribution in [0.4, 0.5) is 4.79 Å². The van der Waals surface area contributed by atoms with Gasteiger partial charge in [-0.15, -0.1) is 0 Å². The van der Waals surface area contributed by atoms with E-state index in [-0.39, 0.29) is 6.03 Å². The zero-order valence-electron chi connectivity index (χ0n) is 15.7. The summed E-state index contributed by atoms with van der Waals surface area (Å²) < 4.78 is 10.8. The van der Waals surface area contributed by atoms with Gasteiger partial charge < -0.3 is 19.7 Å². The van der Waals surface area contributed by atoms with Crippen molar-refractivity contribution in [3.05, 3.63) is 58.6 Å². The van der Waals surface area contributed by atoms with Crippen LogP contribution in [0.5, 0.6) is 11.5 Å². The van der Waals surface area contributed by atoms with E-state index in [1.54, 1.807) is 0 Å². The molecule has 0 radical (unpaired) electrons. The van der Waals surface area contributed by atoms with E-state index in [9.17, 15) is 4.79 Å². The Bertz CT molecular complexity index is 820. The van der Waals surface area contributed by atoms with Crippen molar-refractivity contribution in [2.24, 2.45) is 0 Å². The summed E-state index contributed by atoms with van der Waals surface area (Å²) in [6.45, 7) is 4.96. The molecular weight excluding hydrogens is 378 g/mol. The largest absolute Gasteiger partial charge is 0.454 e. The molecule has 0 unspecified atom stereocenters. The fraction of sp³-hybridized carbons (Fsp3) is 0.381. The monoisotopic (exact) mass is 401 g/mol. The molecule has 2 aromatic rings. The minimum absolute atomic E-state index is 0.0108. The van der Waals surface area contributed by atoms with Gasteiger partial charge in [0.1, 0.15) is 0 Å². The zero-order valence-corrected chi connectivity index (χ0v) is 16.5. The summed E-state index contributed by atoms with van der Waals surface area (Å²) >= 11 is 5.89. The molecule has 0 spiro atoms. The number of nitrogens with one attached hydrogen (secondary N) is 1. The number of amides is 2. The van der Waals surface area contributed by atoms with Gasteiger partial charge in [0.2, 0.25) is 6.79 Å². The molecule has 0 atom stereocenters. The van der Waals surface area contributed by atoms with E-state index in [1.165, 1.54) is 11.1 Å². The average Bonchev–Trinajstić information content (AvgIpc) is 3.18. The summed E-state index contributed by atoms with van der Waals surface area (Å²) in [5.41, 5.74) is 2.36. The maximum absolute atomic E-state index is 12.4. The lowest BCUT2D eigenvalue weighted by molar-refractivity contribution is 0.135. The fourth-order valence-corrected chi connectivity index (χ4v) is 3.61. The number of ether oxygens (including phenoxy) is 2. The number of carbonyl (C=O) groups excluding carboxylic acids is 1. The van der Waals surface area contributed by atoms with Crippen molar-refractivity contribution < 1.29 is 14.3 Å². The minimum atomic E-state index is 0.0108. The van der Waals surface area contributed by atoms with Crippen molar-refractivity contribution in [1.82, 2.24) is 15.1 Å². The SMILES string of the molecule is O=C(NCCc1ccc(Cl)cc1)N1CCN(Cc2ccc3c(c2)OCO3)CC1. The molecule has 2 aromatic carbocycles. The van der Waals surface area contributed by atoms with Crippen LogP contribution >= 0.6 is 11.6 Å². The van der Waals surface area contributed by atoms with Gasteiger partial charge in [-0.25, -0.2) is 4.79 Å². The van der Waals surface area contributed by atoms with Crippen molar-refractivity contribution in [2.45, 2.75) is 13.0 Å². The average molecular weight is 402 g/mol. The lowest BCUT2D eigenvalue weighted by atomic mass is 10.1. The third-order valence-electron chi connectivity index (χ3n) is 5.11. The number of carbonyl (C=O) groups is 1. The summed E-state index contributed by atoms with van der Waals surface area (Å²) in [4.78, 5) is 16.6. The molecule has 2 aliphatic heterocycles. The molecule has 2 amide bonds. The number of urea groups is 1. The van der Waals surface area contributed by atoms with E-state index in [0.29, 0.717) is 13.3 Å². The highest BCUT2D eigenvalue weighted by atomic mass is 35.5. The molecule has 1 fully saturated rings. The van der Waals surface area contributed by atoms with Gasteiger partial charge in [0, 0.05) is 44.3 Å². The first kappa shape index (κ1) is 18.9. The van der Waals surface area contributed by atoms with Crippen LogP contribution in [0.25, 0.3) is 0 Å². The molecule has 6 nitrogen and oxygen atoms in total. The highest BCUT2D eigenvalue weighted by molar-refractivity contribution is 6.30. The van der Waals surface area contributed by atoms with E-state index >= 15 is 0 Å². The third kappa shape index (κ3) is 4.69. The molecule has 1 saturated heterocycles. The lowest BCUT2D eigenvalue weighted by Crippen LogP contribution is -2.51. The number of hydrogen-bond donors (Lipinski definition) is 1. The Hall–Kier alpha value is -2.44. The smallest absolute Gasteiger partial charge is 0.317 e. The second-order valence-corrected chi connectivity index (χ2v) is 7.50. The molecule has 2 aliphatic rings. The van der Waals surface area contributed by atoms with Gasteiger partial charge in [0.05, 0.1) is 0 Å². The van der Waals surface area contributed by atoms with E-state index in [4.69, 9.17) is 21.1 Å². The zero-order chi connectivity index (χ0) is 19.3. The van der Waals surface area contributed by atoms with Crippen LogP contribution in [-0.2, 0) is 13.0 Å². The minimum Gasteiger partial charge on any atom is -0.454 e. The van der Waals surface area contributed by atoms with Gasteiger partial charge in [0.15, 0.2) is 11.5 Å². The van der Waals surface area contributed by atoms with E-state index in [1.807, 2.05) is 41.3 Å². The number of nitrogens with zero attached hydrogens (tertiary/aromatic N) is 2. The molecule has 28 heavy (non-hydrogen) atoms. The third-order valence-corrected chi connectivity index (χ3v) is 5.36. The summed E-state index contributed by atoms with van der Waals surface area (Å²) in [5.74, 6) is 1.63. The van der Waals surface area contributed by atoms with Crippen LogP contribution in [0, 0.1) is 0 Å². The molecular formula is C21H24ClN3O3. The van der Waals surface area contributed by atoms with Crippen LogP contribution in [-0.4, -0.2) is 55.3 Å². The van der Waals surface area contributed by atoms with Gasteiger partial charge >= 0.3 is 6.03 Å². The predicted octanol–water partition coefficient (Wildman–Crippen LogP) is 3.14. The maximum Gasteiger partial charge on any atom is 0.317 e. The van der Waals surface area contributed by atoms with Crippen molar-refractivity contribution in [1.29, 1.82) is 0 Å². The molecule has 0 saturated carbocycles. The molecule has 148 valence electrons. The molecule has 1 N–H and O–H groups in total. The summed E-state index contributed by atoms with van der Waals surface area (Å²) in [6.07, 6.45) is 0.799. The maximum atomic E-state index is 12.4. The number of fused-ring (bicyclic) bond motifs is 1. The molecule has 0 aliphatic carbocycles. The molecule has 0 aromatic heterocycles. The first-order valence-corrected chi connectivity index (χ1v) is 9.93. The molecule has 7 heteroatoms. The quantitative estimate of drug-likeness (QED) is 0.836. The number of rotatable bonds is 5. The van der Waals surface area contributed by atoms with Gasteiger partial charge in [-0.2, -0.15) is 0 Å². The van der Waals surface area contributed by atoms with E-state index in [2.05, 4.69) is 16.3 Å². The normalized spacial score (nSPS) is 16.2. The Kier molecular flexibility index (Phi) is 5.88. The first-order valence-electron chi connectivity index (χ1n) is 9.55. The summed E-state index contributed by atoms with van der Waals surface area (Å²) in [6, 6.07) is 13.8. The highest BCUT2D eigenvalue weighted by Gasteiger charge is 2.21. The van der Waals surface area contributed by atoms with Crippen molar-refractivity contribution in [2.75, 3.05) is 39.5 Å². The Morgan fingerprint density at radius 2 is 1.68 bits per heavy atom. The molecule has 4 rings (SSSR count). The van der Waals surface area contributed by atoms with E-state index in [0.717, 1.165) is 55.7 Å². The van der Waals surface area contributed by atoms with Gasteiger partial charge in [0.25, 0.3) is 0 Å². The highest BCUT2D eigenvalue weighted by Crippen LogP contribution is 2.32. The van der Waals surface area contributed by atoms with Crippen molar-refractivity contribution in [3.63, 3.8) is 0 Å². The second-order valence-electron chi connectivity index (χ2n) is 7.06. The Morgan fingerprint density at radius 1 is 0.964 bits per heavy atom. The Morgan fingerprint density at radius 3 is 2.46 bits per heavy atom. The van der Waals surface area contributed by atoms with Crippen molar-refractivity contribution >= 4 is 17.6 Å². The summed E-state index contributed by atoms with van der Waals surface area (Å²) in [7, 11) is 0. The number of piperazine rings is 1. The Labute approximate surface area is 170 Å². The lowest BCUT2D eigenvalue weighted by Gasteiger charge is -2.34. The van der Waals surface area contributed by atoms with Crippen LogP contribution in [0.2, 0.25) is 5.02 Å². The van der Waals surface area contributed by atoms with Gasteiger partial charge in [-0.3, -0.25) is 4.90 Å². The van der Waals surface area contributed by atoms with Crippen LogP contribution in [0.1, 0.15) is 11.1 Å². The second kappa shape index (κ2) is 8.71. The predicted molar refractivity (Wildman–Crippen MR) is 108 cm³/mol. The number of halogens is 1. The van der Waals surface area contributed by atoms with Crippen LogP contribution in [0.15, 0.2) is 42.5 Å². The number of hydrogen-bond acceptors (Lipinski definition) is 4. The first-order chi connectivity index (χ1) is 13.7. The van der Waals surface area contributed by atoms with Gasteiger partial charge in [-0.05, 0) is 41.8 Å². The van der Waals surface area contributed by atoms with Crippen LogP contribution in [0.3, 0.4) is 0 Å². The molecule has 0 bridgehead atoms. The van der Waals surface area contributed by atoms with Gasteiger partial charge in [-0.1, -0.05) is 29.8 Å². The van der Waals surface area contributed by atoms with E-state index < -0.39 is 0 Å². The standard InChI is InChI=1S/C21H24ClN3O3/c22-18-4-1-16(2-5-18)7-8-23-21(26)25-11-9-24(10-12-25)14-17-3-6-19-20(13-17)28-15-27-19/h1-6,13H,7-12,14-15H2,(H,23,26). The molecule has 2 heterocycles. The Balaban J connectivity index is 1.19. The summed E-state index contributed by atoms with van der Waals surface area (Å²) in [5, 5.41) is 3.74. The van der Waals surface area contributed by atoms with Crippen molar-refractivity contribution in [3.8, 4) is 11.5 Å².